The fourth-order valence-corrected chi connectivity index (χ4v) is 2.00. The maximum absolute atomic E-state index is 10.1. The molecule has 3 N–H and O–H groups in total. The summed E-state index contributed by atoms with van der Waals surface area (Å²) >= 11 is 0. The van der Waals surface area contributed by atoms with E-state index in [0.29, 0.717) is 18.7 Å². The van der Waals surface area contributed by atoms with E-state index >= 15 is 0 Å². The first-order chi connectivity index (χ1) is 6.57. The van der Waals surface area contributed by atoms with E-state index in [1.54, 1.807) is 7.05 Å². The highest BCUT2D eigenvalue weighted by Gasteiger charge is 2.36. The van der Waals surface area contributed by atoms with Crippen LogP contribution in [0.2, 0.25) is 0 Å². The number of aromatic nitrogens is 4. The van der Waals surface area contributed by atoms with Gasteiger partial charge < -0.3 is 10.8 Å². The van der Waals surface area contributed by atoms with E-state index in [1.807, 2.05) is 0 Å². The Morgan fingerprint density at radius 3 is 3.00 bits per heavy atom. The Morgan fingerprint density at radius 1 is 1.71 bits per heavy atom. The third-order valence-electron chi connectivity index (χ3n) is 2.66. The number of nitrogens with two attached hydrogens (primary N) is 1. The molecule has 0 saturated heterocycles. The molecule has 1 aromatic heterocycles. The highest BCUT2D eigenvalue weighted by Crippen LogP contribution is 2.30. The number of tetrazole rings is 1. The number of rotatable bonds is 2. The Hall–Kier alpha value is -1.01. The second-order valence-electron chi connectivity index (χ2n) is 4.10. The minimum absolute atomic E-state index is 0.108. The van der Waals surface area contributed by atoms with Crippen molar-refractivity contribution in [1.29, 1.82) is 0 Å². The molecule has 1 heterocycles. The van der Waals surface area contributed by atoms with E-state index in [1.165, 1.54) is 4.80 Å². The molecule has 2 rings (SSSR count). The van der Waals surface area contributed by atoms with Gasteiger partial charge in [-0.05, 0) is 24.5 Å². The molecule has 0 amide bonds. The lowest BCUT2D eigenvalue weighted by atomic mass is 9.97. The summed E-state index contributed by atoms with van der Waals surface area (Å²) in [7, 11) is 1.71. The molecule has 0 aliphatic heterocycles. The van der Waals surface area contributed by atoms with Crippen LogP contribution >= 0.6 is 0 Å². The normalized spacial score (nSPS) is 32.4. The largest absolute Gasteiger partial charge is 0.389 e. The first-order valence-corrected chi connectivity index (χ1v) is 4.78. The van der Waals surface area contributed by atoms with Gasteiger partial charge in [-0.3, -0.25) is 0 Å². The molecule has 1 fully saturated rings. The van der Waals surface area contributed by atoms with Crippen molar-refractivity contribution in [3.63, 3.8) is 0 Å². The van der Waals surface area contributed by atoms with Crippen LogP contribution in [0.15, 0.2) is 0 Å². The van der Waals surface area contributed by atoms with Crippen LogP contribution in [0.25, 0.3) is 0 Å². The van der Waals surface area contributed by atoms with Crippen LogP contribution in [0.4, 0.5) is 0 Å². The van der Waals surface area contributed by atoms with Gasteiger partial charge in [0.2, 0.25) is 0 Å². The Labute approximate surface area is 82.1 Å². The van der Waals surface area contributed by atoms with Crippen LogP contribution in [-0.4, -0.2) is 37.0 Å². The predicted molar refractivity (Wildman–Crippen MR) is 49.3 cm³/mol. The number of aliphatic hydroxyl groups is 1. The van der Waals surface area contributed by atoms with E-state index in [9.17, 15) is 5.11 Å². The average molecular weight is 197 g/mol. The number of hydrogen-bond acceptors (Lipinski definition) is 5. The summed E-state index contributed by atoms with van der Waals surface area (Å²) in [5.41, 5.74) is 5.03. The zero-order valence-electron chi connectivity index (χ0n) is 8.22. The van der Waals surface area contributed by atoms with Gasteiger partial charge in [-0.15, -0.1) is 10.2 Å². The van der Waals surface area contributed by atoms with Crippen LogP contribution in [0.5, 0.6) is 0 Å². The van der Waals surface area contributed by atoms with Gasteiger partial charge in [-0.1, -0.05) is 0 Å². The zero-order chi connectivity index (χ0) is 10.2. The summed E-state index contributed by atoms with van der Waals surface area (Å²) in [5, 5.41) is 21.7. The Balaban J connectivity index is 2.03. The third kappa shape index (κ3) is 1.91. The monoisotopic (exact) mass is 197 g/mol. The molecule has 6 heteroatoms. The quantitative estimate of drug-likeness (QED) is 0.634. The van der Waals surface area contributed by atoms with Crippen molar-refractivity contribution in [3.05, 3.63) is 5.82 Å². The van der Waals surface area contributed by atoms with Gasteiger partial charge >= 0.3 is 0 Å². The molecule has 78 valence electrons. The van der Waals surface area contributed by atoms with Crippen LogP contribution < -0.4 is 5.73 Å². The highest BCUT2D eigenvalue weighted by molar-refractivity contribution is 4.97. The van der Waals surface area contributed by atoms with Crippen LogP contribution in [0.1, 0.15) is 25.1 Å². The molecule has 1 aliphatic carbocycles. The van der Waals surface area contributed by atoms with E-state index in [0.717, 1.165) is 12.8 Å². The van der Waals surface area contributed by atoms with Crippen LogP contribution in [0.3, 0.4) is 0 Å². The lowest BCUT2D eigenvalue weighted by molar-refractivity contribution is 0.0448. The standard InChI is InChI=1S/C8H15N5O/c1-13-11-7(10-12-13)5-8(14)3-2-6(9)4-8/h6,14H,2-5,9H2,1H3. The van der Waals surface area contributed by atoms with Crippen molar-refractivity contribution in [2.75, 3.05) is 0 Å². The number of aryl methyl sites for hydroxylation is 1. The first-order valence-electron chi connectivity index (χ1n) is 4.78. The lowest BCUT2D eigenvalue weighted by Gasteiger charge is -2.19. The number of nitrogens with zero attached hydrogens (tertiary/aromatic N) is 4. The van der Waals surface area contributed by atoms with Crippen molar-refractivity contribution >= 4 is 0 Å². The Morgan fingerprint density at radius 2 is 2.50 bits per heavy atom. The zero-order valence-corrected chi connectivity index (χ0v) is 8.22. The predicted octanol–water partition coefficient (Wildman–Crippen LogP) is -1.01. The number of hydrogen-bond donors (Lipinski definition) is 2. The second-order valence-corrected chi connectivity index (χ2v) is 4.10. The van der Waals surface area contributed by atoms with Crippen LogP contribution in [0, 0.1) is 0 Å². The summed E-state index contributed by atoms with van der Waals surface area (Å²) in [6, 6.07) is 0.108. The maximum atomic E-state index is 10.1. The topological polar surface area (TPSA) is 89.8 Å². The van der Waals surface area contributed by atoms with Gasteiger partial charge in [-0.2, -0.15) is 4.80 Å². The van der Waals surface area contributed by atoms with Gasteiger partial charge in [0.15, 0.2) is 5.82 Å². The molecule has 0 aromatic carbocycles. The van der Waals surface area contributed by atoms with Gasteiger partial charge in [0, 0.05) is 12.5 Å². The van der Waals surface area contributed by atoms with E-state index in [2.05, 4.69) is 15.4 Å². The van der Waals surface area contributed by atoms with Crippen molar-refractivity contribution in [3.8, 4) is 0 Å². The van der Waals surface area contributed by atoms with Gasteiger partial charge in [-0.25, -0.2) is 0 Å². The summed E-state index contributed by atoms with van der Waals surface area (Å²) < 4.78 is 0. The van der Waals surface area contributed by atoms with Crippen molar-refractivity contribution < 1.29 is 5.11 Å². The van der Waals surface area contributed by atoms with Crippen molar-refractivity contribution in [1.82, 2.24) is 20.2 Å². The van der Waals surface area contributed by atoms with E-state index in [-0.39, 0.29) is 6.04 Å². The SMILES string of the molecule is Cn1nnc(CC2(O)CCC(N)C2)n1. The maximum Gasteiger partial charge on any atom is 0.177 e. The van der Waals surface area contributed by atoms with Gasteiger partial charge in [0.05, 0.1) is 12.6 Å². The van der Waals surface area contributed by atoms with Gasteiger partial charge in [0.1, 0.15) is 0 Å². The molecule has 14 heavy (non-hydrogen) atoms. The minimum atomic E-state index is -0.720. The highest BCUT2D eigenvalue weighted by atomic mass is 16.3. The third-order valence-corrected chi connectivity index (χ3v) is 2.66. The molecular weight excluding hydrogens is 182 g/mol. The fraction of sp³-hybridized carbons (Fsp3) is 0.875. The summed E-state index contributed by atoms with van der Waals surface area (Å²) in [5.74, 6) is 0.587. The molecule has 2 unspecified atom stereocenters. The first kappa shape index (κ1) is 9.54. The summed E-state index contributed by atoms with van der Waals surface area (Å²) in [4.78, 5) is 1.40. The molecular formula is C8H15N5O. The Kier molecular flexibility index (Phi) is 2.24. The molecule has 2 atom stereocenters. The van der Waals surface area contributed by atoms with Crippen LogP contribution in [-0.2, 0) is 13.5 Å². The lowest BCUT2D eigenvalue weighted by Crippen LogP contribution is -2.30. The smallest absolute Gasteiger partial charge is 0.177 e. The molecule has 6 nitrogen and oxygen atoms in total. The Bertz CT molecular complexity index is 325. The van der Waals surface area contributed by atoms with Crippen molar-refractivity contribution in [2.45, 2.75) is 37.3 Å². The molecule has 0 bridgehead atoms. The summed E-state index contributed by atoms with van der Waals surface area (Å²) in [6.45, 7) is 0. The molecule has 0 spiro atoms. The van der Waals surface area contributed by atoms with E-state index < -0.39 is 5.60 Å². The average Bonchev–Trinajstić information content (AvgIpc) is 2.60. The minimum Gasteiger partial charge on any atom is -0.389 e. The summed E-state index contributed by atoms with van der Waals surface area (Å²) in [6.07, 6.45) is 2.68. The molecule has 1 aliphatic rings. The van der Waals surface area contributed by atoms with E-state index in [4.69, 9.17) is 5.73 Å². The fourth-order valence-electron chi connectivity index (χ4n) is 2.00. The molecule has 1 aromatic rings. The molecule has 0 radical (unpaired) electrons. The second kappa shape index (κ2) is 3.29. The van der Waals surface area contributed by atoms with Crippen molar-refractivity contribution in [2.24, 2.45) is 12.8 Å². The van der Waals surface area contributed by atoms with Gasteiger partial charge in [0.25, 0.3) is 0 Å². The molecule has 1 saturated carbocycles.